The van der Waals surface area contributed by atoms with Crippen molar-refractivity contribution in [3.8, 4) is 0 Å². The molecule has 0 aromatic carbocycles. The van der Waals surface area contributed by atoms with Gasteiger partial charge < -0.3 is 4.74 Å². The molecule has 0 aliphatic carbocycles. The fraction of sp³-hybridized carbons (Fsp3) is 0.842. The zero-order valence-electron chi connectivity index (χ0n) is 15.6. The average molecular weight is 325 g/mol. The Morgan fingerprint density at radius 2 is 2.13 bits per heavy atom. The number of unbranched alkanes of at least 4 members (excludes halogenated alkanes) is 1. The van der Waals surface area contributed by atoms with Crippen LogP contribution in [0.25, 0.3) is 0 Å². The summed E-state index contributed by atoms with van der Waals surface area (Å²) in [6.45, 7) is 10.6. The third kappa shape index (κ3) is 6.64. The third-order valence-electron chi connectivity index (χ3n) is 4.86. The van der Waals surface area contributed by atoms with Gasteiger partial charge in [0.15, 0.2) is 0 Å². The van der Waals surface area contributed by atoms with Gasteiger partial charge in [-0.2, -0.15) is 0 Å². The second kappa shape index (κ2) is 10.1. The molecule has 1 aliphatic rings. The lowest BCUT2D eigenvalue weighted by atomic mass is 9.91. The standard InChI is InChI=1S/C19H35NO3/c1-7-8-9-17-13-15(3)18(23-17)11-10-14(2)12-16(4)19(21)20(5)22-6/h14,16-18H,3,7-13H2,1-2,4-6H3/t14?,16-,17+,18+/m1/s1. The number of hydrogen-bond donors (Lipinski definition) is 0. The second-order valence-electron chi connectivity index (χ2n) is 7.09. The molecule has 1 aliphatic heterocycles. The summed E-state index contributed by atoms with van der Waals surface area (Å²) in [7, 11) is 3.18. The summed E-state index contributed by atoms with van der Waals surface area (Å²) >= 11 is 0. The predicted molar refractivity (Wildman–Crippen MR) is 93.9 cm³/mol. The van der Waals surface area contributed by atoms with Gasteiger partial charge in [-0.3, -0.25) is 9.63 Å². The van der Waals surface area contributed by atoms with Crippen LogP contribution in [0.4, 0.5) is 0 Å². The molecule has 0 radical (unpaired) electrons. The van der Waals surface area contributed by atoms with Gasteiger partial charge in [-0.05, 0) is 43.6 Å². The Labute approximate surface area is 142 Å². The Morgan fingerprint density at radius 1 is 1.43 bits per heavy atom. The molecule has 134 valence electrons. The summed E-state index contributed by atoms with van der Waals surface area (Å²) in [5.41, 5.74) is 1.25. The van der Waals surface area contributed by atoms with Crippen LogP contribution < -0.4 is 0 Å². The van der Waals surface area contributed by atoms with E-state index in [1.807, 2.05) is 6.92 Å². The predicted octanol–water partition coefficient (Wildman–Crippen LogP) is 4.35. The average Bonchev–Trinajstić information content (AvgIpc) is 2.89. The molecule has 0 aromatic heterocycles. The molecule has 1 heterocycles. The molecule has 0 saturated carbocycles. The van der Waals surface area contributed by atoms with Crippen LogP contribution in [-0.4, -0.2) is 37.3 Å². The van der Waals surface area contributed by atoms with Gasteiger partial charge in [-0.15, -0.1) is 0 Å². The first-order valence-electron chi connectivity index (χ1n) is 9.03. The maximum absolute atomic E-state index is 12.0. The van der Waals surface area contributed by atoms with Crippen molar-refractivity contribution >= 4 is 5.91 Å². The summed E-state index contributed by atoms with van der Waals surface area (Å²) in [6.07, 6.45) is 8.17. The van der Waals surface area contributed by atoms with Crippen molar-refractivity contribution in [3.05, 3.63) is 12.2 Å². The van der Waals surface area contributed by atoms with Gasteiger partial charge in [0.05, 0.1) is 19.3 Å². The number of ether oxygens (including phenoxy) is 1. The molecule has 0 N–H and O–H groups in total. The fourth-order valence-corrected chi connectivity index (χ4v) is 3.33. The van der Waals surface area contributed by atoms with Crippen LogP contribution in [0.15, 0.2) is 12.2 Å². The van der Waals surface area contributed by atoms with Gasteiger partial charge in [-0.25, -0.2) is 5.06 Å². The molecule has 0 bridgehead atoms. The van der Waals surface area contributed by atoms with Gasteiger partial charge in [0.25, 0.3) is 0 Å². The lowest BCUT2D eigenvalue weighted by molar-refractivity contribution is -0.173. The van der Waals surface area contributed by atoms with Crippen molar-refractivity contribution in [2.24, 2.45) is 11.8 Å². The lowest BCUT2D eigenvalue weighted by Crippen LogP contribution is -2.31. The molecule has 1 rings (SSSR count). The lowest BCUT2D eigenvalue weighted by Gasteiger charge is -2.22. The Kier molecular flexibility index (Phi) is 8.85. The molecular formula is C19H35NO3. The van der Waals surface area contributed by atoms with E-state index in [-0.39, 0.29) is 17.9 Å². The topological polar surface area (TPSA) is 38.8 Å². The highest BCUT2D eigenvalue weighted by Crippen LogP contribution is 2.31. The summed E-state index contributed by atoms with van der Waals surface area (Å²) in [4.78, 5) is 17.0. The molecule has 4 atom stereocenters. The van der Waals surface area contributed by atoms with Gasteiger partial charge in [0, 0.05) is 13.0 Å². The number of nitrogens with zero attached hydrogens (tertiary/aromatic N) is 1. The van der Waals surface area contributed by atoms with Gasteiger partial charge >= 0.3 is 0 Å². The van der Waals surface area contributed by atoms with Crippen molar-refractivity contribution in [1.82, 2.24) is 5.06 Å². The molecule has 23 heavy (non-hydrogen) atoms. The van der Waals surface area contributed by atoms with Gasteiger partial charge in [0.1, 0.15) is 0 Å². The van der Waals surface area contributed by atoms with Crippen LogP contribution in [0.5, 0.6) is 0 Å². The Morgan fingerprint density at radius 3 is 2.74 bits per heavy atom. The Hall–Kier alpha value is -0.870. The quantitative estimate of drug-likeness (QED) is 0.443. The summed E-state index contributed by atoms with van der Waals surface area (Å²) in [5.74, 6) is 0.519. The van der Waals surface area contributed by atoms with Crippen LogP contribution in [-0.2, 0) is 14.4 Å². The monoisotopic (exact) mass is 325 g/mol. The van der Waals surface area contributed by atoms with E-state index in [9.17, 15) is 4.79 Å². The highest BCUT2D eigenvalue weighted by Gasteiger charge is 2.28. The van der Waals surface area contributed by atoms with E-state index in [1.165, 1.54) is 30.6 Å². The normalized spacial score (nSPS) is 23.8. The molecule has 0 aromatic rings. The number of carbonyl (C=O) groups excluding carboxylic acids is 1. The number of hydroxylamine groups is 2. The molecule has 1 amide bonds. The first-order valence-corrected chi connectivity index (χ1v) is 9.03. The smallest absolute Gasteiger partial charge is 0.248 e. The molecule has 4 nitrogen and oxygen atoms in total. The van der Waals surface area contributed by atoms with E-state index in [2.05, 4.69) is 20.4 Å². The molecule has 1 fully saturated rings. The van der Waals surface area contributed by atoms with Crippen LogP contribution in [0.3, 0.4) is 0 Å². The summed E-state index contributed by atoms with van der Waals surface area (Å²) in [6, 6.07) is 0. The van der Waals surface area contributed by atoms with Gasteiger partial charge in [-0.1, -0.05) is 40.2 Å². The Balaban J connectivity index is 2.31. The minimum atomic E-state index is -0.0139. The van der Waals surface area contributed by atoms with E-state index < -0.39 is 0 Å². The van der Waals surface area contributed by atoms with Crippen LogP contribution in [0.1, 0.15) is 65.7 Å². The highest BCUT2D eigenvalue weighted by atomic mass is 16.7. The van der Waals surface area contributed by atoms with Crippen LogP contribution in [0, 0.1) is 11.8 Å². The van der Waals surface area contributed by atoms with E-state index in [4.69, 9.17) is 9.57 Å². The number of rotatable bonds is 10. The maximum atomic E-state index is 12.0. The van der Waals surface area contributed by atoms with E-state index in [1.54, 1.807) is 7.05 Å². The van der Waals surface area contributed by atoms with Crippen molar-refractivity contribution < 1.29 is 14.4 Å². The Bertz CT molecular complexity index is 383. The molecule has 1 unspecified atom stereocenters. The summed E-state index contributed by atoms with van der Waals surface area (Å²) in [5, 5.41) is 1.32. The molecule has 1 saturated heterocycles. The largest absolute Gasteiger partial charge is 0.370 e. The highest BCUT2D eigenvalue weighted by molar-refractivity contribution is 5.77. The van der Waals surface area contributed by atoms with Crippen LogP contribution in [0.2, 0.25) is 0 Å². The zero-order chi connectivity index (χ0) is 17.4. The zero-order valence-corrected chi connectivity index (χ0v) is 15.6. The molecular weight excluding hydrogens is 290 g/mol. The van der Waals surface area contributed by atoms with E-state index >= 15 is 0 Å². The number of amides is 1. The van der Waals surface area contributed by atoms with Gasteiger partial charge in [0.2, 0.25) is 5.91 Å². The first kappa shape index (κ1) is 20.2. The van der Waals surface area contributed by atoms with Crippen molar-refractivity contribution in [2.75, 3.05) is 14.2 Å². The third-order valence-corrected chi connectivity index (χ3v) is 4.86. The van der Waals surface area contributed by atoms with Crippen molar-refractivity contribution in [1.29, 1.82) is 0 Å². The first-order chi connectivity index (χ1) is 10.9. The molecule has 4 heteroatoms. The van der Waals surface area contributed by atoms with Crippen LogP contribution >= 0.6 is 0 Å². The second-order valence-corrected chi connectivity index (χ2v) is 7.09. The van der Waals surface area contributed by atoms with E-state index in [0.29, 0.717) is 12.0 Å². The van der Waals surface area contributed by atoms with E-state index in [0.717, 1.165) is 32.1 Å². The summed E-state index contributed by atoms with van der Waals surface area (Å²) < 4.78 is 6.14. The maximum Gasteiger partial charge on any atom is 0.248 e. The number of carbonyl (C=O) groups is 1. The number of hydrogen-bond acceptors (Lipinski definition) is 3. The fourth-order valence-electron chi connectivity index (χ4n) is 3.33. The minimum Gasteiger partial charge on any atom is -0.370 e. The molecule has 0 spiro atoms. The van der Waals surface area contributed by atoms with Crippen molar-refractivity contribution in [2.45, 2.75) is 77.9 Å². The minimum absolute atomic E-state index is 0.0139. The van der Waals surface area contributed by atoms with Crippen molar-refractivity contribution in [3.63, 3.8) is 0 Å². The SMILES string of the molecule is C=C1C[C@H](CCCC)O[C@H]1CCC(C)C[C@@H](C)C(=O)N(C)OC.